The lowest BCUT2D eigenvalue weighted by atomic mass is 9.93. The highest BCUT2D eigenvalue weighted by Crippen LogP contribution is 2.25. The Morgan fingerprint density at radius 2 is 2.09 bits per heavy atom. The van der Waals surface area contributed by atoms with Gasteiger partial charge in [-0.1, -0.05) is 6.92 Å². The maximum Gasteiger partial charge on any atom is 0.244 e. The summed E-state index contributed by atoms with van der Waals surface area (Å²) < 4.78 is 5.65. The molecule has 1 aromatic carbocycles. The molecule has 1 aliphatic rings. The minimum Gasteiger partial charge on any atom is -0.492 e. The number of hydrogen-bond acceptors (Lipinski definition) is 4. The van der Waals surface area contributed by atoms with Crippen molar-refractivity contribution in [3.8, 4) is 5.75 Å². The van der Waals surface area contributed by atoms with Crippen LogP contribution in [0.3, 0.4) is 0 Å². The SMILES string of the molecule is CCC1(C(=O)Nc2ccc(OCCN(C)C)cc2)CCCN1. The van der Waals surface area contributed by atoms with Gasteiger partial charge in [-0.2, -0.15) is 0 Å². The number of ether oxygens (including phenoxy) is 1. The summed E-state index contributed by atoms with van der Waals surface area (Å²) in [4.78, 5) is 14.6. The molecule has 0 bridgehead atoms. The van der Waals surface area contributed by atoms with Crippen LogP contribution >= 0.6 is 0 Å². The molecule has 0 aliphatic carbocycles. The van der Waals surface area contributed by atoms with Gasteiger partial charge in [0.25, 0.3) is 0 Å². The zero-order valence-corrected chi connectivity index (χ0v) is 13.8. The molecule has 1 heterocycles. The molecule has 1 unspecified atom stereocenters. The monoisotopic (exact) mass is 305 g/mol. The Kier molecular flexibility index (Phi) is 5.80. The van der Waals surface area contributed by atoms with Crippen LogP contribution in [0.5, 0.6) is 5.75 Å². The summed E-state index contributed by atoms with van der Waals surface area (Å²) in [5, 5.41) is 6.36. The molecule has 0 radical (unpaired) electrons. The van der Waals surface area contributed by atoms with Gasteiger partial charge in [0.2, 0.25) is 5.91 Å². The van der Waals surface area contributed by atoms with Gasteiger partial charge in [-0.15, -0.1) is 0 Å². The predicted octanol–water partition coefficient (Wildman–Crippen LogP) is 2.10. The Labute approximate surface area is 133 Å². The Bertz CT molecular complexity index is 479. The Morgan fingerprint density at radius 3 is 2.64 bits per heavy atom. The smallest absolute Gasteiger partial charge is 0.244 e. The Morgan fingerprint density at radius 1 is 1.36 bits per heavy atom. The van der Waals surface area contributed by atoms with E-state index in [0.29, 0.717) is 6.61 Å². The van der Waals surface area contributed by atoms with E-state index < -0.39 is 5.54 Å². The molecule has 5 heteroatoms. The summed E-state index contributed by atoms with van der Waals surface area (Å²) in [5.41, 5.74) is 0.410. The van der Waals surface area contributed by atoms with Gasteiger partial charge in [-0.3, -0.25) is 4.79 Å². The second kappa shape index (κ2) is 7.61. The third kappa shape index (κ3) is 4.21. The van der Waals surface area contributed by atoms with Crippen LogP contribution in [-0.4, -0.2) is 50.1 Å². The molecule has 0 saturated carbocycles. The first kappa shape index (κ1) is 16.8. The van der Waals surface area contributed by atoms with Crippen molar-refractivity contribution >= 4 is 11.6 Å². The summed E-state index contributed by atoms with van der Waals surface area (Å²) in [6.07, 6.45) is 2.77. The highest BCUT2D eigenvalue weighted by molar-refractivity contribution is 5.98. The van der Waals surface area contributed by atoms with Crippen molar-refractivity contribution in [1.29, 1.82) is 0 Å². The first-order chi connectivity index (χ1) is 10.6. The molecule has 0 spiro atoms. The molecule has 0 aromatic heterocycles. The fourth-order valence-electron chi connectivity index (χ4n) is 2.69. The molecule has 1 aliphatic heterocycles. The zero-order valence-electron chi connectivity index (χ0n) is 13.8. The number of hydrogen-bond donors (Lipinski definition) is 2. The van der Waals surface area contributed by atoms with Crippen LogP contribution in [0, 0.1) is 0 Å². The van der Waals surface area contributed by atoms with Gasteiger partial charge in [0.15, 0.2) is 0 Å². The molecule has 1 fully saturated rings. The first-order valence-corrected chi connectivity index (χ1v) is 8.00. The summed E-state index contributed by atoms with van der Waals surface area (Å²) >= 11 is 0. The van der Waals surface area contributed by atoms with Gasteiger partial charge in [0.05, 0.1) is 5.54 Å². The van der Waals surface area contributed by atoms with E-state index in [4.69, 9.17) is 4.74 Å². The molecule has 122 valence electrons. The fourth-order valence-corrected chi connectivity index (χ4v) is 2.69. The average Bonchev–Trinajstić information content (AvgIpc) is 2.99. The molecule has 1 aromatic rings. The number of likely N-dealkylation sites (N-methyl/N-ethyl adjacent to an activating group) is 1. The van der Waals surface area contributed by atoms with Crippen LogP contribution in [-0.2, 0) is 4.79 Å². The first-order valence-electron chi connectivity index (χ1n) is 8.00. The highest BCUT2D eigenvalue weighted by atomic mass is 16.5. The van der Waals surface area contributed by atoms with E-state index in [0.717, 1.165) is 43.8 Å². The number of nitrogens with zero attached hydrogens (tertiary/aromatic N) is 1. The summed E-state index contributed by atoms with van der Waals surface area (Å²) in [6, 6.07) is 7.57. The second-order valence-corrected chi connectivity index (χ2v) is 6.10. The minimum atomic E-state index is -0.402. The maximum atomic E-state index is 12.5. The van der Waals surface area contributed by atoms with Crippen molar-refractivity contribution < 1.29 is 9.53 Å². The van der Waals surface area contributed by atoms with E-state index in [-0.39, 0.29) is 5.91 Å². The molecular formula is C17H27N3O2. The normalized spacial score (nSPS) is 21.1. The minimum absolute atomic E-state index is 0.0637. The van der Waals surface area contributed by atoms with Crippen molar-refractivity contribution in [2.24, 2.45) is 0 Å². The van der Waals surface area contributed by atoms with Gasteiger partial charge in [-0.25, -0.2) is 0 Å². The van der Waals surface area contributed by atoms with Crippen molar-refractivity contribution in [2.75, 3.05) is 39.1 Å². The number of amides is 1. The standard InChI is InChI=1S/C17H27N3O2/c1-4-17(10-5-11-18-17)16(21)19-14-6-8-15(9-7-14)22-13-12-20(2)3/h6-9,18H,4-5,10-13H2,1-3H3,(H,19,21). The van der Waals surface area contributed by atoms with E-state index in [2.05, 4.69) is 22.5 Å². The van der Waals surface area contributed by atoms with Crippen LogP contribution in [0.25, 0.3) is 0 Å². The van der Waals surface area contributed by atoms with Gasteiger partial charge < -0.3 is 20.3 Å². The lowest BCUT2D eigenvalue weighted by molar-refractivity contribution is -0.122. The molecule has 2 rings (SSSR count). The number of nitrogens with one attached hydrogen (secondary N) is 2. The quantitative estimate of drug-likeness (QED) is 0.810. The molecule has 1 atom stereocenters. The predicted molar refractivity (Wildman–Crippen MR) is 89.4 cm³/mol. The summed E-state index contributed by atoms with van der Waals surface area (Å²) in [7, 11) is 4.03. The van der Waals surface area contributed by atoms with Gasteiger partial charge in [0, 0.05) is 12.2 Å². The number of benzene rings is 1. The number of anilines is 1. The highest BCUT2D eigenvalue weighted by Gasteiger charge is 2.38. The Balaban J connectivity index is 1.89. The van der Waals surface area contributed by atoms with Crippen molar-refractivity contribution in [3.63, 3.8) is 0 Å². The Hall–Kier alpha value is -1.59. The number of rotatable bonds is 7. The molecule has 22 heavy (non-hydrogen) atoms. The van der Waals surface area contributed by atoms with Gasteiger partial charge >= 0.3 is 0 Å². The lowest BCUT2D eigenvalue weighted by Crippen LogP contribution is -2.50. The van der Waals surface area contributed by atoms with Crippen LogP contribution in [0.15, 0.2) is 24.3 Å². The lowest BCUT2D eigenvalue weighted by Gasteiger charge is -2.26. The molecule has 5 nitrogen and oxygen atoms in total. The maximum absolute atomic E-state index is 12.5. The van der Waals surface area contributed by atoms with Crippen LogP contribution in [0.4, 0.5) is 5.69 Å². The van der Waals surface area contributed by atoms with E-state index in [1.54, 1.807) is 0 Å². The number of carbonyl (C=O) groups is 1. The van der Waals surface area contributed by atoms with Crippen molar-refractivity contribution in [2.45, 2.75) is 31.7 Å². The van der Waals surface area contributed by atoms with E-state index in [9.17, 15) is 4.79 Å². The van der Waals surface area contributed by atoms with Crippen LogP contribution < -0.4 is 15.4 Å². The second-order valence-electron chi connectivity index (χ2n) is 6.10. The van der Waals surface area contributed by atoms with E-state index in [1.807, 2.05) is 38.4 Å². The molecule has 1 saturated heterocycles. The van der Waals surface area contributed by atoms with E-state index >= 15 is 0 Å². The zero-order chi connectivity index (χ0) is 16.0. The number of carbonyl (C=O) groups excluding carboxylic acids is 1. The third-order valence-electron chi connectivity index (χ3n) is 4.20. The molecule has 2 N–H and O–H groups in total. The molecule has 1 amide bonds. The average molecular weight is 305 g/mol. The summed E-state index contributed by atoms with van der Waals surface area (Å²) in [5.74, 6) is 0.887. The van der Waals surface area contributed by atoms with Gasteiger partial charge in [-0.05, 0) is 64.2 Å². The van der Waals surface area contributed by atoms with Crippen LogP contribution in [0.1, 0.15) is 26.2 Å². The van der Waals surface area contributed by atoms with Crippen LogP contribution in [0.2, 0.25) is 0 Å². The van der Waals surface area contributed by atoms with Crippen molar-refractivity contribution in [1.82, 2.24) is 10.2 Å². The van der Waals surface area contributed by atoms with Crippen molar-refractivity contribution in [3.05, 3.63) is 24.3 Å². The van der Waals surface area contributed by atoms with E-state index in [1.165, 1.54) is 0 Å². The van der Waals surface area contributed by atoms with Gasteiger partial charge in [0.1, 0.15) is 12.4 Å². The largest absolute Gasteiger partial charge is 0.492 e. The summed E-state index contributed by atoms with van der Waals surface area (Å²) in [6.45, 7) is 4.50. The molecular weight excluding hydrogens is 278 g/mol. The topological polar surface area (TPSA) is 53.6 Å². The fraction of sp³-hybridized carbons (Fsp3) is 0.588. The third-order valence-corrected chi connectivity index (χ3v) is 4.20.